The second kappa shape index (κ2) is 5.43. The summed E-state index contributed by atoms with van der Waals surface area (Å²) in [5.74, 6) is 1.65. The first-order valence-electron chi connectivity index (χ1n) is 6.88. The predicted molar refractivity (Wildman–Crippen MR) is 75.5 cm³/mol. The van der Waals surface area contributed by atoms with E-state index in [2.05, 4.69) is 39.9 Å². The third-order valence-corrected chi connectivity index (χ3v) is 4.95. The Kier molecular flexibility index (Phi) is 3.66. The molecule has 19 heavy (non-hydrogen) atoms. The van der Waals surface area contributed by atoms with Gasteiger partial charge >= 0.3 is 0 Å². The maximum Gasteiger partial charge on any atom is 0.232 e. The molecule has 1 saturated heterocycles. The van der Waals surface area contributed by atoms with Gasteiger partial charge in [0.2, 0.25) is 5.89 Å². The van der Waals surface area contributed by atoms with E-state index in [1.54, 1.807) is 11.3 Å². The van der Waals surface area contributed by atoms with Crippen LogP contribution < -0.4 is 5.32 Å². The van der Waals surface area contributed by atoms with Crippen molar-refractivity contribution in [3.8, 4) is 0 Å². The van der Waals surface area contributed by atoms with Gasteiger partial charge in [-0.3, -0.25) is 0 Å². The molecule has 0 unspecified atom stereocenters. The van der Waals surface area contributed by atoms with E-state index in [1.165, 1.54) is 4.88 Å². The van der Waals surface area contributed by atoms with Gasteiger partial charge < -0.3 is 9.84 Å². The second-order valence-corrected chi connectivity index (χ2v) is 6.19. The van der Waals surface area contributed by atoms with Crippen molar-refractivity contribution in [2.75, 3.05) is 13.1 Å². The van der Waals surface area contributed by atoms with Gasteiger partial charge in [-0.15, -0.1) is 11.3 Å². The highest BCUT2D eigenvalue weighted by atomic mass is 32.1. The van der Waals surface area contributed by atoms with Gasteiger partial charge in [0, 0.05) is 11.3 Å². The van der Waals surface area contributed by atoms with Gasteiger partial charge in [0.15, 0.2) is 5.82 Å². The van der Waals surface area contributed by atoms with Crippen LogP contribution in [0.25, 0.3) is 0 Å². The summed E-state index contributed by atoms with van der Waals surface area (Å²) < 4.78 is 5.56. The summed E-state index contributed by atoms with van der Waals surface area (Å²) in [7, 11) is 0. The molecule has 0 amide bonds. The van der Waals surface area contributed by atoms with E-state index in [4.69, 9.17) is 4.52 Å². The van der Waals surface area contributed by atoms with Crippen LogP contribution in [0.5, 0.6) is 0 Å². The minimum absolute atomic E-state index is 0.0892. The molecule has 2 aromatic rings. The Hall–Kier alpha value is -1.20. The lowest BCUT2D eigenvalue weighted by Crippen LogP contribution is -2.39. The van der Waals surface area contributed by atoms with Crippen LogP contribution >= 0.6 is 11.3 Å². The van der Waals surface area contributed by atoms with Gasteiger partial charge in [-0.1, -0.05) is 18.1 Å². The van der Waals surface area contributed by atoms with Crippen molar-refractivity contribution < 1.29 is 4.52 Å². The lowest BCUT2D eigenvalue weighted by molar-refractivity contribution is 0.216. The molecule has 0 saturated carbocycles. The van der Waals surface area contributed by atoms with Crippen molar-refractivity contribution in [3.05, 3.63) is 34.1 Å². The highest BCUT2D eigenvalue weighted by molar-refractivity contribution is 7.09. The summed E-state index contributed by atoms with van der Waals surface area (Å²) in [6.07, 6.45) is 4.02. The Morgan fingerprint density at radius 3 is 2.95 bits per heavy atom. The highest BCUT2D eigenvalue weighted by Crippen LogP contribution is 2.35. The molecular weight excluding hydrogens is 258 g/mol. The van der Waals surface area contributed by atoms with Crippen LogP contribution in [-0.4, -0.2) is 23.2 Å². The molecule has 0 radical (unpaired) electrons. The monoisotopic (exact) mass is 277 g/mol. The smallest absolute Gasteiger partial charge is 0.232 e. The largest absolute Gasteiger partial charge is 0.339 e. The van der Waals surface area contributed by atoms with E-state index >= 15 is 0 Å². The number of nitrogens with zero attached hydrogens (tertiary/aromatic N) is 2. The number of rotatable bonds is 4. The number of nitrogens with one attached hydrogen (secondary N) is 1. The van der Waals surface area contributed by atoms with Gasteiger partial charge in [0.1, 0.15) is 0 Å². The first-order valence-corrected chi connectivity index (χ1v) is 7.76. The van der Waals surface area contributed by atoms with Crippen molar-refractivity contribution in [3.63, 3.8) is 0 Å². The maximum absolute atomic E-state index is 5.56. The number of hydrogen-bond donors (Lipinski definition) is 1. The summed E-state index contributed by atoms with van der Waals surface area (Å²) in [5.41, 5.74) is 0.0892. The van der Waals surface area contributed by atoms with Crippen LogP contribution in [0.15, 0.2) is 22.0 Å². The zero-order valence-electron chi connectivity index (χ0n) is 11.2. The normalized spacial score (nSPS) is 18.6. The van der Waals surface area contributed by atoms with E-state index in [-0.39, 0.29) is 5.41 Å². The minimum atomic E-state index is 0.0892. The SMILES string of the molecule is CCC1(c2nc(Cc3cccs3)no2)CCNCC1. The van der Waals surface area contributed by atoms with E-state index in [0.717, 1.165) is 50.5 Å². The third kappa shape index (κ3) is 2.58. The van der Waals surface area contributed by atoms with Crippen molar-refractivity contribution in [1.29, 1.82) is 0 Å². The Morgan fingerprint density at radius 1 is 1.42 bits per heavy atom. The predicted octanol–water partition coefficient (Wildman–Crippen LogP) is 2.75. The summed E-state index contributed by atoms with van der Waals surface area (Å²) in [4.78, 5) is 5.93. The van der Waals surface area contributed by atoms with Gasteiger partial charge in [-0.2, -0.15) is 4.98 Å². The van der Waals surface area contributed by atoms with Gasteiger partial charge in [-0.25, -0.2) is 0 Å². The first-order chi connectivity index (χ1) is 9.32. The summed E-state index contributed by atoms with van der Waals surface area (Å²) in [6, 6.07) is 4.17. The van der Waals surface area contributed by atoms with Crippen molar-refractivity contribution in [2.24, 2.45) is 0 Å². The maximum atomic E-state index is 5.56. The molecule has 0 aromatic carbocycles. The molecule has 1 aliphatic heterocycles. The molecule has 0 aliphatic carbocycles. The van der Waals surface area contributed by atoms with E-state index in [1.807, 2.05) is 0 Å². The molecule has 3 rings (SSSR count). The van der Waals surface area contributed by atoms with E-state index in [9.17, 15) is 0 Å². The fraction of sp³-hybridized carbons (Fsp3) is 0.571. The third-order valence-electron chi connectivity index (χ3n) is 4.07. The van der Waals surface area contributed by atoms with Crippen LogP contribution in [0.4, 0.5) is 0 Å². The van der Waals surface area contributed by atoms with Crippen LogP contribution in [0.3, 0.4) is 0 Å². The lowest BCUT2D eigenvalue weighted by Gasteiger charge is -2.33. The van der Waals surface area contributed by atoms with Crippen molar-refractivity contribution in [2.45, 2.75) is 38.0 Å². The fourth-order valence-corrected chi connectivity index (χ4v) is 3.44. The summed E-state index contributed by atoms with van der Waals surface area (Å²) >= 11 is 1.74. The number of aromatic nitrogens is 2. The summed E-state index contributed by atoms with van der Waals surface area (Å²) in [5, 5.41) is 9.64. The molecule has 0 spiro atoms. The molecule has 0 bridgehead atoms. The second-order valence-electron chi connectivity index (χ2n) is 5.16. The quantitative estimate of drug-likeness (QED) is 0.933. The van der Waals surface area contributed by atoms with Crippen LogP contribution in [0, 0.1) is 0 Å². The van der Waals surface area contributed by atoms with Crippen molar-refractivity contribution in [1.82, 2.24) is 15.5 Å². The number of hydrogen-bond acceptors (Lipinski definition) is 5. The molecular formula is C14H19N3OS. The molecule has 1 fully saturated rings. The van der Waals surface area contributed by atoms with Crippen molar-refractivity contribution >= 4 is 11.3 Å². The number of piperidine rings is 1. The Balaban J connectivity index is 1.79. The molecule has 102 valence electrons. The zero-order chi connectivity index (χ0) is 13.1. The van der Waals surface area contributed by atoms with Gasteiger partial charge in [0.05, 0.1) is 5.41 Å². The Bertz CT molecular complexity index is 515. The van der Waals surface area contributed by atoms with Crippen LogP contribution in [-0.2, 0) is 11.8 Å². The van der Waals surface area contributed by atoms with E-state index < -0.39 is 0 Å². The molecule has 5 heteroatoms. The average molecular weight is 277 g/mol. The van der Waals surface area contributed by atoms with Crippen LogP contribution in [0.2, 0.25) is 0 Å². The lowest BCUT2D eigenvalue weighted by atomic mass is 9.76. The Labute approximate surface area is 117 Å². The zero-order valence-corrected chi connectivity index (χ0v) is 12.0. The Morgan fingerprint density at radius 2 is 2.26 bits per heavy atom. The highest BCUT2D eigenvalue weighted by Gasteiger charge is 2.37. The molecule has 1 N–H and O–H groups in total. The first kappa shape index (κ1) is 12.8. The molecule has 3 heterocycles. The molecule has 1 aliphatic rings. The van der Waals surface area contributed by atoms with E-state index in [0.29, 0.717) is 0 Å². The average Bonchev–Trinajstić information content (AvgIpc) is 3.12. The molecule has 2 aromatic heterocycles. The molecule has 0 atom stereocenters. The topological polar surface area (TPSA) is 51.0 Å². The van der Waals surface area contributed by atoms with Crippen LogP contribution in [0.1, 0.15) is 42.8 Å². The number of thiophene rings is 1. The standard InChI is InChI=1S/C14H19N3OS/c1-2-14(5-7-15-8-6-14)13-16-12(17-18-13)10-11-4-3-9-19-11/h3-4,9,15H,2,5-8,10H2,1H3. The fourth-order valence-electron chi connectivity index (χ4n) is 2.73. The van der Waals surface area contributed by atoms with Gasteiger partial charge in [-0.05, 0) is 43.8 Å². The van der Waals surface area contributed by atoms with Gasteiger partial charge in [0.25, 0.3) is 0 Å². The molecule has 4 nitrogen and oxygen atoms in total. The summed E-state index contributed by atoms with van der Waals surface area (Å²) in [6.45, 7) is 4.29. The minimum Gasteiger partial charge on any atom is -0.339 e.